The minimum Gasteiger partial charge on any atom is -0.352 e. The molecule has 0 heterocycles. The largest absolute Gasteiger partial charge is 0.352 e. The summed E-state index contributed by atoms with van der Waals surface area (Å²) in [4.78, 5) is 11.7. The highest BCUT2D eigenvalue weighted by atomic mass is 127. The van der Waals surface area contributed by atoms with E-state index in [0.717, 1.165) is 25.0 Å². The minimum atomic E-state index is -1.02. The van der Waals surface area contributed by atoms with Crippen molar-refractivity contribution in [3.63, 3.8) is 0 Å². The number of carbonyl (C=O) groups excluding carboxylic acids is 1. The van der Waals surface area contributed by atoms with E-state index in [-0.39, 0.29) is 18.0 Å². The molecule has 3 N–H and O–H groups in total. The fraction of sp³-hybridized carbons (Fsp3) is 0.364. The van der Waals surface area contributed by atoms with Gasteiger partial charge in [0, 0.05) is 10.1 Å². The first kappa shape index (κ1) is 17.5. The molecule has 0 unspecified atom stereocenters. The highest BCUT2D eigenvalue weighted by molar-refractivity contribution is 14.1. The SMILES string of the molecule is Cl.NCCCCNC(=O)c1cc(F)c(F)cc1I. The van der Waals surface area contributed by atoms with Gasteiger partial charge in [-0.2, -0.15) is 0 Å². The molecule has 0 bridgehead atoms. The number of rotatable bonds is 5. The Morgan fingerprint density at radius 1 is 1.28 bits per heavy atom. The number of unbranched alkanes of at least 4 members (excludes halogenated alkanes) is 1. The van der Waals surface area contributed by atoms with Crippen LogP contribution >= 0.6 is 35.0 Å². The fourth-order valence-corrected chi connectivity index (χ4v) is 1.94. The van der Waals surface area contributed by atoms with Crippen LogP contribution < -0.4 is 11.1 Å². The standard InChI is InChI=1S/C11H13F2IN2O.ClH/c12-8-5-7(10(14)6-9(8)13)11(17)16-4-2-1-3-15;/h5-6H,1-4,15H2,(H,16,17);1H. The molecule has 1 aromatic rings. The number of halogens is 4. The Morgan fingerprint density at radius 2 is 1.89 bits per heavy atom. The van der Waals surface area contributed by atoms with E-state index < -0.39 is 17.5 Å². The number of hydrogen-bond donors (Lipinski definition) is 2. The van der Waals surface area contributed by atoms with Crippen LogP contribution in [0.15, 0.2) is 12.1 Å². The Bertz CT molecular complexity index is 418. The van der Waals surface area contributed by atoms with E-state index in [1.807, 2.05) is 0 Å². The van der Waals surface area contributed by atoms with Crippen molar-refractivity contribution < 1.29 is 13.6 Å². The first-order valence-corrected chi connectivity index (χ1v) is 6.27. The lowest BCUT2D eigenvalue weighted by Crippen LogP contribution is -2.26. The second-order valence-electron chi connectivity index (χ2n) is 3.50. The third kappa shape index (κ3) is 5.03. The molecule has 0 saturated heterocycles. The number of carbonyl (C=O) groups is 1. The summed E-state index contributed by atoms with van der Waals surface area (Å²) in [7, 11) is 0. The Kier molecular flexibility index (Phi) is 8.38. The minimum absolute atomic E-state index is 0. The highest BCUT2D eigenvalue weighted by Crippen LogP contribution is 2.17. The van der Waals surface area contributed by atoms with Crippen molar-refractivity contribution in [3.05, 3.63) is 32.9 Å². The summed E-state index contributed by atoms with van der Waals surface area (Å²) in [5, 5.41) is 2.63. The van der Waals surface area contributed by atoms with Crippen molar-refractivity contribution in [1.29, 1.82) is 0 Å². The molecule has 0 radical (unpaired) electrons. The molecule has 0 aliphatic rings. The van der Waals surface area contributed by atoms with Crippen LogP contribution in [0.2, 0.25) is 0 Å². The van der Waals surface area contributed by atoms with Crippen LogP contribution in [0.5, 0.6) is 0 Å². The van der Waals surface area contributed by atoms with Gasteiger partial charge in [-0.1, -0.05) is 0 Å². The zero-order valence-electron chi connectivity index (χ0n) is 9.51. The molecule has 18 heavy (non-hydrogen) atoms. The zero-order chi connectivity index (χ0) is 12.8. The molecule has 3 nitrogen and oxygen atoms in total. The molecule has 102 valence electrons. The third-order valence-electron chi connectivity index (χ3n) is 2.17. The van der Waals surface area contributed by atoms with E-state index in [0.29, 0.717) is 16.7 Å². The molecule has 0 saturated carbocycles. The second-order valence-corrected chi connectivity index (χ2v) is 4.66. The van der Waals surface area contributed by atoms with Crippen molar-refractivity contribution in [3.8, 4) is 0 Å². The molecule has 1 rings (SSSR count). The summed E-state index contributed by atoms with van der Waals surface area (Å²) in [6.07, 6.45) is 1.58. The zero-order valence-corrected chi connectivity index (χ0v) is 12.5. The lowest BCUT2D eigenvalue weighted by atomic mass is 10.2. The maximum atomic E-state index is 13.0. The predicted octanol–water partition coefficient (Wildman–Crippen LogP) is 2.46. The van der Waals surface area contributed by atoms with Gasteiger partial charge in [0.15, 0.2) is 11.6 Å². The van der Waals surface area contributed by atoms with Gasteiger partial charge in [-0.05, 0) is 54.1 Å². The molecule has 1 aromatic carbocycles. The summed E-state index contributed by atoms with van der Waals surface area (Å²) in [5.41, 5.74) is 5.46. The molecule has 0 atom stereocenters. The molecule has 0 spiro atoms. The molecule has 0 aliphatic carbocycles. The quantitative estimate of drug-likeness (QED) is 0.461. The molecule has 0 aromatic heterocycles. The van der Waals surface area contributed by atoms with Gasteiger partial charge >= 0.3 is 0 Å². The Labute approximate surface area is 124 Å². The van der Waals surface area contributed by atoms with Crippen LogP contribution in [0.4, 0.5) is 8.78 Å². The first-order valence-electron chi connectivity index (χ1n) is 5.19. The van der Waals surface area contributed by atoms with Gasteiger partial charge in [0.25, 0.3) is 5.91 Å². The Hall–Kier alpha value is -0.470. The van der Waals surface area contributed by atoms with E-state index in [9.17, 15) is 13.6 Å². The molecular formula is C11H14ClF2IN2O. The summed E-state index contributed by atoms with van der Waals surface area (Å²) in [6.45, 7) is 1.05. The summed E-state index contributed by atoms with van der Waals surface area (Å²) in [6, 6.07) is 1.92. The highest BCUT2D eigenvalue weighted by Gasteiger charge is 2.13. The van der Waals surface area contributed by atoms with Gasteiger partial charge < -0.3 is 11.1 Å². The topological polar surface area (TPSA) is 55.1 Å². The predicted molar refractivity (Wildman–Crippen MR) is 76.9 cm³/mol. The average molecular weight is 391 g/mol. The van der Waals surface area contributed by atoms with Crippen LogP contribution in [0, 0.1) is 15.2 Å². The monoisotopic (exact) mass is 390 g/mol. The van der Waals surface area contributed by atoms with Crippen molar-refractivity contribution >= 4 is 40.9 Å². The number of amides is 1. The summed E-state index contributed by atoms with van der Waals surface area (Å²) in [5.74, 6) is -2.36. The van der Waals surface area contributed by atoms with E-state index in [2.05, 4.69) is 5.32 Å². The molecule has 1 amide bonds. The van der Waals surface area contributed by atoms with Crippen LogP contribution in [0.25, 0.3) is 0 Å². The van der Waals surface area contributed by atoms with Crippen LogP contribution in [-0.4, -0.2) is 19.0 Å². The van der Waals surface area contributed by atoms with Gasteiger partial charge in [0.05, 0.1) is 5.56 Å². The Morgan fingerprint density at radius 3 is 2.50 bits per heavy atom. The normalized spacial score (nSPS) is 9.78. The maximum Gasteiger partial charge on any atom is 0.252 e. The van der Waals surface area contributed by atoms with Crippen molar-refractivity contribution in [1.82, 2.24) is 5.32 Å². The summed E-state index contributed by atoms with van der Waals surface area (Å²) >= 11 is 1.80. The van der Waals surface area contributed by atoms with Gasteiger partial charge in [-0.3, -0.25) is 4.79 Å². The van der Waals surface area contributed by atoms with E-state index >= 15 is 0 Å². The van der Waals surface area contributed by atoms with E-state index in [1.54, 1.807) is 22.6 Å². The van der Waals surface area contributed by atoms with Gasteiger partial charge in [0.1, 0.15) is 0 Å². The number of hydrogen-bond acceptors (Lipinski definition) is 2. The van der Waals surface area contributed by atoms with E-state index in [4.69, 9.17) is 5.73 Å². The smallest absolute Gasteiger partial charge is 0.252 e. The number of benzene rings is 1. The lowest BCUT2D eigenvalue weighted by molar-refractivity contribution is 0.0951. The van der Waals surface area contributed by atoms with Crippen LogP contribution in [0.1, 0.15) is 23.2 Å². The third-order valence-corrected chi connectivity index (χ3v) is 3.06. The number of nitrogens with two attached hydrogens (primary N) is 1. The van der Waals surface area contributed by atoms with Crippen LogP contribution in [0.3, 0.4) is 0 Å². The summed E-state index contributed by atoms with van der Waals surface area (Å²) < 4.78 is 26.2. The van der Waals surface area contributed by atoms with Crippen molar-refractivity contribution in [2.75, 3.05) is 13.1 Å². The van der Waals surface area contributed by atoms with Gasteiger partial charge in [-0.25, -0.2) is 8.78 Å². The molecule has 0 aliphatic heterocycles. The Balaban J connectivity index is 0.00000289. The fourth-order valence-electron chi connectivity index (χ4n) is 1.26. The molecule has 0 fully saturated rings. The van der Waals surface area contributed by atoms with Crippen molar-refractivity contribution in [2.24, 2.45) is 5.73 Å². The molecular weight excluding hydrogens is 376 g/mol. The lowest BCUT2D eigenvalue weighted by Gasteiger charge is -2.07. The van der Waals surface area contributed by atoms with Gasteiger partial charge in [-0.15, -0.1) is 12.4 Å². The number of nitrogens with one attached hydrogen (secondary N) is 1. The van der Waals surface area contributed by atoms with Gasteiger partial charge in [0.2, 0.25) is 0 Å². The maximum absolute atomic E-state index is 13.0. The molecule has 7 heteroatoms. The average Bonchev–Trinajstić information content (AvgIpc) is 2.29. The first-order chi connectivity index (χ1) is 8.06. The van der Waals surface area contributed by atoms with Crippen LogP contribution in [-0.2, 0) is 0 Å². The second kappa shape index (κ2) is 8.60. The van der Waals surface area contributed by atoms with E-state index in [1.165, 1.54) is 0 Å². The van der Waals surface area contributed by atoms with Crippen molar-refractivity contribution in [2.45, 2.75) is 12.8 Å².